The molecule has 0 saturated carbocycles. The molecule has 0 aliphatic carbocycles. The van der Waals surface area contributed by atoms with Crippen molar-refractivity contribution in [2.24, 2.45) is 7.05 Å². The molecule has 0 unspecified atom stereocenters. The fourth-order valence-electron chi connectivity index (χ4n) is 1.55. The molecule has 17 heavy (non-hydrogen) atoms. The summed E-state index contributed by atoms with van der Waals surface area (Å²) in [6.07, 6.45) is 0. The van der Waals surface area contributed by atoms with E-state index in [1.165, 1.54) is 0 Å². The van der Waals surface area contributed by atoms with Gasteiger partial charge in [0.05, 0.1) is 5.69 Å². The Hall–Kier alpha value is -1.81. The molecule has 1 amide bonds. The van der Waals surface area contributed by atoms with Gasteiger partial charge in [-0.15, -0.1) is 0 Å². The average molecular weight is 250 g/mol. The summed E-state index contributed by atoms with van der Waals surface area (Å²) < 4.78 is 1.56. The smallest absolute Gasteiger partial charge is 0.273 e. The molecule has 0 saturated heterocycles. The molecule has 0 bridgehead atoms. The summed E-state index contributed by atoms with van der Waals surface area (Å²) >= 11 is 5.77. The molecule has 0 radical (unpaired) electrons. The summed E-state index contributed by atoms with van der Waals surface area (Å²) in [5.41, 5.74) is 2.05. The monoisotopic (exact) mass is 249 g/mol. The molecule has 88 valence electrons. The van der Waals surface area contributed by atoms with Gasteiger partial charge < -0.3 is 5.32 Å². The maximum atomic E-state index is 11.9. The van der Waals surface area contributed by atoms with Crippen LogP contribution in [0.15, 0.2) is 30.3 Å². The van der Waals surface area contributed by atoms with Gasteiger partial charge in [-0.3, -0.25) is 9.48 Å². The van der Waals surface area contributed by atoms with Gasteiger partial charge >= 0.3 is 0 Å². The number of rotatable bonds is 2. The number of aryl methyl sites for hydroxylation is 2. The minimum absolute atomic E-state index is 0.185. The maximum Gasteiger partial charge on any atom is 0.273 e. The van der Waals surface area contributed by atoms with Crippen LogP contribution < -0.4 is 5.32 Å². The first-order valence-electron chi connectivity index (χ1n) is 5.14. The largest absolute Gasteiger partial charge is 0.321 e. The summed E-state index contributed by atoms with van der Waals surface area (Å²) in [5.74, 6) is -0.185. The lowest BCUT2D eigenvalue weighted by molar-refractivity contribution is 0.101. The van der Waals surface area contributed by atoms with Crippen LogP contribution in [0.5, 0.6) is 0 Å². The Morgan fingerprint density at radius 1 is 1.35 bits per heavy atom. The molecular weight excluding hydrogens is 238 g/mol. The van der Waals surface area contributed by atoms with Crippen LogP contribution in [0.1, 0.15) is 16.2 Å². The molecule has 1 N–H and O–H groups in total. The van der Waals surface area contributed by atoms with E-state index in [4.69, 9.17) is 11.6 Å². The number of halogens is 1. The Labute approximate surface area is 104 Å². The lowest BCUT2D eigenvalue weighted by Crippen LogP contribution is -2.15. The summed E-state index contributed by atoms with van der Waals surface area (Å²) in [4.78, 5) is 11.9. The van der Waals surface area contributed by atoms with E-state index in [0.29, 0.717) is 16.4 Å². The molecule has 1 aromatic heterocycles. The number of aromatic nitrogens is 2. The normalized spacial score (nSPS) is 10.3. The second-order valence-electron chi connectivity index (χ2n) is 3.76. The highest BCUT2D eigenvalue weighted by molar-refractivity contribution is 6.30. The molecule has 0 spiro atoms. The maximum absolute atomic E-state index is 11.9. The molecule has 5 heteroatoms. The van der Waals surface area contributed by atoms with Crippen molar-refractivity contribution in [2.45, 2.75) is 6.92 Å². The van der Waals surface area contributed by atoms with Crippen molar-refractivity contribution in [3.63, 3.8) is 0 Å². The molecule has 0 fully saturated rings. The first kappa shape index (κ1) is 11.7. The second kappa shape index (κ2) is 4.59. The van der Waals surface area contributed by atoms with Gasteiger partial charge in [-0.2, -0.15) is 5.10 Å². The zero-order valence-electron chi connectivity index (χ0n) is 9.57. The first-order valence-corrected chi connectivity index (χ1v) is 5.51. The van der Waals surface area contributed by atoms with E-state index < -0.39 is 0 Å². The van der Waals surface area contributed by atoms with Gasteiger partial charge in [-0.1, -0.05) is 11.6 Å². The van der Waals surface area contributed by atoms with E-state index in [9.17, 15) is 4.79 Å². The van der Waals surface area contributed by atoms with Crippen LogP contribution in [0, 0.1) is 6.92 Å². The van der Waals surface area contributed by atoms with Crippen molar-refractivity contribution >= 4 is 23.2 Å². The fourth-order valence-corrected chi connectivity index (χ4v) is 1.68. The Morgan fingerprint density at radius 2 is 2.00 bits per heavy atom. The van der Waals surface area contributed by atoms with E-state index >= 15 is 0 Å². The average Bonchev–Trinajstić information content (AvgIpc) is 2.61. The van der Waals surface area contributed by atoms with Gasteiger partial charge in [0, 0.05) is 17.8 Å². The van der Waals surface area contributed by atoms with Gasteiger partial charge in [0.15, 0.2) is 0 Å². The Balaban J connectivity index is 2.17. The topological polar surface area (TPSA) is 46.9 Å². The van der Waals surface area contributed by atoms with Crippen LogP contribution >= 0.6 is 11.6 Å². The van der Waals surface area contributed by atoms with Gasteiger partial charge in [-0.25, -0.2) is 0 Å². The van der Waals surface area contributed by atoms with Crippen molar-refractivity contribution < 1.29 is 4.79 Å². The summed E-state index contributed by atoms with van der Waals surface area (Å²) in [7, 11) is 1.74. The summed E-state index contributed by atoms with van der Waals surface area (Å²) in [6.45, 7) is 1.85. The summed E-state index contributed by atoms with van der Waals surface area (Å²) in [5, 5.41) is 7.54. The van der Waals surface area contributed by atoms with Crippen molar-refractivity contribution in [2.75, 3.05) is 5.32 Å². The third kappa shape index (κ3) is 2.65. The predicted octanol–water partition coefficient (Wildman–Crippen LogP) is 2.63. The van der Waals surface area contributed by atoms with Crippen molar-refractivity contribution in [1.29, 1.82) is 0 Å². The highest BCUT2D eigenvalue weighted by Gasteiger charge is 2.11. The van der Waals surface area contributed by atoms with Crippen LogP contribution in [0.2, 0.25) is 5.02 Å². The second-order valence-corrected chi connectivity index (χ2v) is 4.19. The minimum atomic E-state index is -0.185. The Morgan fingerprint density at radius 3 is 2.53 bits per heavy atom. The molecular formula is C12H12ClN3O. The fraction of sp³-hybridized carbons (Fsp3) is 0.167. The number of carbonyl (C=O) groups is 1. The minimum Gasteiger partial charge on any atom is -0.321 e. The molecule has 2 rings (SSSR count). The lowest BCUT2D eigenvalue weighted by atomic mass is 10.3. The predicted molar refractivity (Wildman–Crippen MR) is 67.4 cm³/mol. The van der Waals surface area contributed by atoms with E-state index in [1.54, 1.807) is 42.1 Å². The molecule has 1 aromatic carbocycles. The van der Waals surface area contributed by atoms with Crippen molar-refractivity contribution in [3.05, 3.63) is 46.7 Å². The Bertz CT molecular complexity index is 545. The number of benzene rings is 1. The van der Waals surface area contributed by atoms with E-state index in [-0.39, 0.29) is 5.91 Å². The molecule has 0 aliphatic rings. The van der Waals surface area contributed by atoms with E-state index in [2.05, 4.69) is 10.4 Å². The van der Waals surface area contributed by atoms with Gasteiger partial charge in [0.25, 0.3) is 5.91 Å². The van der Waals surface area contributed by atoms with Crippen LogP contribution in [-0.2, 0) is 7.05 Å². The van der Waals surface area contributed by atoms with Crippen LogP contribution in [0.3, 0.4) is 0 Å². The van der Waals surface area contributed by atoms with Crippen molar-refractivity contribution in [3.8, 4) is 0 Å². The van der Waals surface area contributed by atoms with Crippen LogP contribution in [0.25, 0.3) is 0 Å². The number of hydrogen-bond donors (Lipinski definition) is 1. The number of amides is 1. The number of anilines is 1. The van der Waals surface area contributed by atoms with Gasteiger partial charge in [0.1, 0.15) is 5.69 Å². The number of carbonyl (C=O) groups excluding carboxylic acids is 1. The quantitative estimate of drug-likeness (QED) is 0.889. The third-order valence-corrected chi connectivity index (χ3v) is 2.59. The highest BCUT2D eigenvalue weighted by atomic mass is 35.5. The molecule has 0 aliphatic heterocycles. The van der Waals surface area contributed by atoms with Crippen LogP contribution in [0.4, 0.5) is 5.69 Å². The standard InChI is InChI=1S/C12H12ClN3O/c1-8-7-11(16(2)15-8)12(17)14-10-5-3-9(13)4-6-10/h3-7H,1-2H3,(H,14,17). The zero-order valence-corrected chi connectivity index (χ0v) is 10.3. The third-order valence-electron chi connectivity index (χ3n) is 2.34. The number of hydrogen-bond acceptors (Lipinski definition) is 2. The molecule has 1 heterocycles. The highest BCUT2D eigenvalue weighted by Crippen LogP contribution is 2.14. The van der Waals surface area contributed by atoms with E-state index in [1.807, 2.05) is 6.92 Å². The SMILES string of the molecule is Cc1cc(C(=O)Nc2ccc(Cl)cc2)n(C)n1. The molecule has 2 aromatic rings. The Kier molecular flexibility index (Phi) is 3.15. The number of nitrogens with zero attached hydrogens (tertiary/aromatic N) is 2. The number of nitrogens with one attached hydrogen (secondary N) is 1. The molecule has 4 nitrogen and oxygen atoms in total. The van der Waals surface area contributed by atoms with Crippen LogP contribution in [-0.4, -0.2) is 15.7 Å². The molecule has 0 atom stereocenters. The summed E-state index contributed by atoms with van der Waals surface area (Å²) in [6, 6.07) is 8.70. The lowest BCUT2D eigenvalue weighted by Gasteiger charge is -2.04. The van der Waals surface area contributed by atoms with Gasteiger partial charge in [-0.05, 0) is 37.3 Å². The van der Waals surface area contributed by atoms with Gasteiger partial charge in [0.2, 0.25) is 0 Å². The van der Waals surface area contributed by atoms with E-state index in [0.717, 1.165) is 5.69 Å². The van der Waals surface area contributed by atoms with Crippen molar-refractivity contribution in [1.82, 2.24) is 9.78 Å². The zero-order chi connectivity index (χ0) is 12.4. The first-order chi connectivity index (χ1) is 8.06.